The molecular weight excluding hydrogens is 146 g/mol. The molecule has 1 fully saturated rings. The van der Waals surface area contributed by atoms with Crippen LogP contribution in [0.4, 0.5) is 0 Å². The van der Waals surface area contributed by atoms with Crippen LogP contribution in [0.3, 0.4) is 0 Å². The van der Waals surface area contributed by atoms with Gasteiger partial charge in [0.2, 0.25) is 0 Å². The van der Waals surface area contributed by atoms with Crippen molar-refractivity contribution in [3.63, 3.8) is 0 Å². The first kappa shape index (κ1) is 10.0. The molecule has 0 aliphatic carbocycles. The van der Waals surface area contributed by atoms with Gasteiger partial charge >= 0.3 is 0 Å². The molecule has 0 amide bonds. The first-order valence-electron chi connectivity index (χ1n) is 5.22. The van der Waals surface area contributed by atoms with Gasteiger partial charge in [-0.2, -0.15) is 0 Å². The van der Waals surface area contributed by atoms with Crippen molar-refractivity contribution in [1.29, 1.82) is 0 Å². The van der Waals surface area contributed by atoms with Crippen molar-refractivity contribution >= 4 is 0 Å². The summed E-state index contributed by atoms with van der Waals surface area (Å²) in [7, 11) is 0. The van der Waals surface area contributed by atoms with E-state index in [1.54, 1.807) is 0 Å². The van der Waals surface area contributed by atoms with Crippen molar-refractivity contribution in [2.45, 2.75) is 58.9 Å². The summed E-state index contributed by atoms with van der Waals surface area (Å²) >= 11 is 0. The fourth-order valence-corrected chi connectivity index (χ4v) is 2.46. The van der Waals surface area contributed by atoms with Gasteiger partial charge in [0.1, 0.15) is 0 Å². The third-order valence-electron chi connectivity index (χ3n) is 2.88. The van der Waals surface area contributed by atoms with E-state index < -0.39 is 0 Å². The van der Waals surface area contributed by atoms with E-state index in [1.165, 1.54) is 32.2 Å². The SMILES string of the molecule is CCC1(CC(C)(C)C)CCCN1. The lowest BCUT2D eigenvalue weighted by molar-refractivity contribution is 0.224. The van der Waals surface area contributed by atoms with Gasteiger partial charge in [-0.1, -0.05) is 27.7 Å². The second-order valence-electron chi connectivity index (χ2n) is 5.40. The molecule has 72 valence electrons. The average Bonchev–Trinajstić information content (AvgIpc) is 2.34. The zero-order chi connectivity index (χ0) is 9.24. The van der Waals surface area contributed by atoms with Crippen LogP contribution in [0.1, 0.15) is 53.4 Å². The van der Waals surface area contributed by atoms with Crippen LogP contribution in [-0.4, -0.2) is 12.1 Å². The Bertz CT molecular complexity index is 138. The lowest BCUT2D eigenvalue weighted by atomic mass is 9.77. The van der Waals surface area contributed by atoms with Crippen LogP contribution in [0, 0.1) is 5.41 Å². The van der Waals surface area contributed by atoms with Crippen LogP contribution in [0.15, 0.2) is 0 Å². The normalized spacial score (nSPS) is 31.0. The average molecular weight is 169 g/mol. The predicted octanol–water partition coefficient (Wildman–Crippen LogP) is 2.95. The van der Waals surface area contributed by atoms with Crippen molar-refractivity contribution in [2.24, 2.45) is 5.41 Å². The van der Waals surface area contributed by atoms with Crippen molar-refractivity contribution in [3.8, 4) is 0 Å². The van der Waals surface area contributed by atoms with Gasteiger partial charge in [0.25, 0.3) is 0 Å². The largest absolute Gasteiger partial charge is 0.311 e. The molecule has 0 aromatic heterocycles. The molecule has 1 heteroatoms. The summed E-state index contributed by atoms with van der Waals surface area (Å²) in [4.78, 5) is 0. The smallest absolute Gasteiger partial charge is 0.0184 e. The summed E-state index contributed by atoms with van der Waals surface area (Å²) in [5.41, 5.74) is 0.936. The highest BCUT2D eigenvalue weighted by Crippen LogP contribution is 2.35. The van der Waals surface area contributed by atoms with Crippen LogP contribution in [0.2, 0.25) is 0 Å². The highest BCUT2D eigenvalue weighted by molar-refractivity contribution is 4.94. The second kappa shape index (κ2) is 3.37. The molecule has 0 radical (unpaired) electrons. The molecule has 1 unspecified atom stereocenters. The molecule has 1 saturated heterocycles. The predicted molar refractivity (Wildman–Crippen MR) is 54.3 cm³/mol. The Hall–Kier alpha value is -0.0400. The summed E-state index contributed by atoms with van der Waals surface area (Å²) < 4.78 is 0. The Morgan fingerprint density at radius 3 is 2.33 bits per heavy atom. The van der Waals surface area contributed by atoms with E-state index in [-0.39, 0.29) is 0 Å². The number of hydrogen-bond donors (Lipinski definition) is 1. The molecule has 0 spiro atoms. The Balaban J connectivity index is 2.55. The molecule has 1 aliphatic heterocycles. The molecule has 12 heavy (non-hydrogen) atoms. The summed E-state index contributed by atoms with van der Waals surface area (Å²) in [5, 5.41) is 3.68. The zero-order valence-corrected chi connectivity index (χ0v) is 9.04. The monoisotopic (exact) mass is 169 g/mol. The Morgan fingerprint density at radius 1 is 1.33 bits per heavy atom. The minimum absolute atomic E-state index is 0.466. The minimum Gasteiger partial charge on any atom is -0.311 e. The summed E-state index contributed by atoms with van der Waals surface area (Å²) in [5.74, 6) is 0. The van der Waals surface area contributed by atoms with Crippen LogP contribution in [0.5, 0.6) is 0 Å². The molecule has 1 heterocycles. The maximum absolute atomic E-state index is 3.68. The second-order valence-corrected chi connectivity index (χ2v) is 5.40. The van der Waals surface area contributed by atoms with E-state index in [9.17, 15) is 0 Å². The van der Waals surface area contributed by atoms with E-state index in [1.807, 2.05) is 0 Å². The molecule has 1 nitrogen and oxygen atoms in total. The van der Waals surface area contributed by atoms with Gasteiger partial charge in [0.15, 0.2) is 0 Å². The fraction of sp³-hybridized carbons (Fsp3) is 1.00. The Kier molecular flexibility index (Phi) is 2.82. The van der Waals surface area contributed by atoms with Gasteiger partial charge in [-0.25, -0.2) is 0 Å². The molecule has 0 bridgehead atoms. The Morgan fingerprint density at radius 2 is 2.00 bits per heavy atom. The van der Waals surface area contributed by atoms with Gasteiger partial charge in [-0.15, -0.1) is 0 Å². The molecule has 1 rings (SSSR count). The topological polar surface area (TPSA) is 12.0 Å². The van der Waals surface area contributed by atoms with E-state index in [4.69, 9.17) is 0 Å². The standard InChI is InChI=1S/C11H23N/c1-5-11(7-6-8-12-11)9-10(2,3)4/h12H,5-9H2,1-4H3. The summed E-state index contributed by atoms with van der Waals surface area (Å²) in [6.45, 7) is 10.5. The lowest BCUT2D eigenvalue weighted by Gasteiger charge is -2.35. The quantitative estimate of drug-likeness (QED) is 0.670. The summed E-state index contributed by atoms with van der Waals surface area (Å²) in [6.07, 6.45) is 5.34. The van der Waals surface area contributed by atoms with Crippen LogP contribution in [-0.2, 0) is 0 Å². The van der Waals surface area contributed by atoms with Crippen molar-refractivity contribution in [3.05, 3.63) is 0 Å². The van der Waals surface area contributed by atoms with Crippen LogP contribution >= 0.6 is 0 Å². The van der Waals surface area contributed by atoms with Gasteiger partial charge in [-0.05, 0) is 37.6 Å². The molecule has 1 atom stereocenters. The first-order valence-corrected chi connectivity index (χ1v) is 5.22. The van der Waals surface area contributed by atoms with Crippen molar-refractivity contribution < 1.29 is 0 Å². The molecule has 0 saturated carbocycles. The molecule has 1 aliphatic rings. The van der Waals surface area contributed by atoms with Crippen LogP contribution in [0.25, 0.3) is 0 Å². The molecule has 0 aromatic carbocycles. The van der Waals surface area contributed by atoms with Crippen molar-refractivity contribution in [2.75, 3.05) is 6.54 Å². The minimum atomic E-state index is 0.466. The van der Waals surface area contributed by atoms with E-state index in [2.05, 4.69) is 33.0 Å². The highest BCUT2D eigenvalue weighted by Gasteiger charge is 2.34. The maximum atomic E-state index is 3.68. The maximum Gasteiger partial charge on any atom is 0.0184 e. The third-order valence-corrected chi connectivity index (χ3v) is 2.88. The molecule has 0 aromatic rings. The third kappa shape index (κ3) is 2.48. The number of rotatable bonds is 2. The van der Waals surface area contributed by atoms with Gasteiger partial charge in [0.05, 0.1) is 0 Å². The van der Waals surface area contributed by atoms with Crippen molar-refractivity contribution in [1.82, 2.24) is 5.32 Å². The van der Waals surface area contributed by atoms with Gasteiger partial charge in [-0.3, -0.25) is 0 Å². The first-order chi connectivity index (χ1) is 5.47. The molecule has 1 N–H and O–H groups in total. The zero-order valence-electron chi connectivity index (χ0n) is 9.04. The Labute approximate surface area is 76.9 Å². The molecular formula is C11H23N. The van der Waals surface area contributed by atoms with E-state index in [0.29, 0.717) is 11.0 Å². The fourth-order valence-electron chi connectivity index (χ4n) is 2.46. The van der Waals surface area contributed by atoms with Gasteiger partial charge < -0.3 is 5.32 Å². The highest BCUT2D eigenvalue weighted by atomic mass is 15.0. The van der Waals surface area contributed by atoms with E-state index in [0.717, 1.165) is 0 Å². The lowest BCUT2D eigenvalue weighted by Crippen LogP contribution is -2.42. The number of nitrogens with one attached hydrogen (secondary N) is 1. The van der Waals surface area contributed by atoms with E-state index >= 15 is 0 Å². The van der Waals surface area contributed by atoms with Crippen LogP contribution < -0.4 is 5.32 Å². The van der Waals surface area contributed by atoms with Gasteiger partial charge in [0, 0.05) is 5.54 Å². The number of hydrogen-bond acceptors (Lipinski definition) is 1. The summed E-state index contributed by atoms with van der Waals surface area (Å²) in [6, 6.07) is 0.